The molecule has 7 heteroatoms. The van der Waals surface area contributed by atoms with Gasteiger partial charge in [-0.05, 0) is 18.8 Å². The molecule has 0 heterocycles. The molecule has 6 nitrogen and oxygen atoms in total. The lowest BCUT2D eigenvalue weighted by Gasteiger charge is -2.16. The molecule has 1 aliphatic carbocycles. The van der Waals surface area contributed by atoms with E-state index < -0.39 is 16.2 Å². The summed E-state index contributed by atoms with van der Waals surface area (Å²) in [6.07, 6.45) is 2.80. The highest BCUT2D eigenvalue weighted by molar-refractivity contribution is 7.87. The van der Waals surface area contributed by atoms with E-state index in [1.54, 1.807) is 0 Å². The van der Waals surface area contributed by atoms with Gasteiger partial charge in [-0.1, -0.05) is 13.3 Å². The summed E-state index contributed by atoms with van der Waals surface area (Å²) in [5.41, 5.74) is 0. The summed E-state index contributed by atoms with van der Waals surface area (Å²) in [6.45, 7) is 2.07. The van der Waals surface area contributed by atoms with Gasteiger partial charge < -0.3 is 5.11 Å². The van der Waals surface area contributed by atoms with Gasteiger partial charge in [-0.2, -0.15) is 17.4 Å². The SMILES string of the molecule is CCCC1CC1NS(=O)(=O)N(C)CCC(=O)O. The van der Waals surface area contributed by atoms with E-state index in [0.29, 0.717) is 5.92 Å². The van der Waals surface area contributed by atoms with E-state index in [2.05, 4.69) is 11.6 Å². The number of hydrogen-bond acceptors (Lipinski definition) is 3. The van der Waals surface area contributed by atoms with Crippen molar-refractivity contribution in [1.29, 1.82) is 0 Å². The zero-order valence-electron chi connectivity index (χ0n) is 10.2. The first-order valence-electron chi connectivity index (χ1n) is 5.82. The molecule has 1 fully saturated rings. The van der Waals surface area contributed by atoms with Crippen LogP contribution in [0.2, 0.25) is 0 Å². The predicted molar refractivity (Wildman–Crippen MR) is 63.7 cm³/mol. The molecule has 0 aliphatic heterocycles. The topological polar surface area (TPSA) is 86.7 Å². The van der Waals surface area contributed by atoms with Crippen molar-refractivity contribution in [3.8, 4) is 0 Å². The number of carboxylic acid groups (broad SMARTS) is 1. The summed E-state index contributed by atoms with van der Waals surface area (Å²) in [6, 6.07) is 0.0345. The van der Waals surface area contributed by atoms with Crippen LogP contribution in [-0.4, -0.2) is 43.4 Å². The van der Waals surface area contributed by atoms with Gasteiger partial charge in [0.15, 0.2) is 0 Å². The Morgan fingerprint density at radius 1 is 1.53 bits per heavy atom. The first-order valence-corrected chi connectivity index (χ1v) is 7.26. The van der Waals surface area contributed by atoms with E-state index in [1.807, 2.05) is 0 Å². The first-order chi connectivity index (χ1) is 7.86. The van der Waals surface area contributed by atoms with Gasteiger partial charge in [0.25, 0.3) is 10.2 Å². The Labute approximate surface area is 102 Å². The fraction of sp³-hybridized carbons (Fsp3) is 0.900. The molecule has 0 amide bonds. The average molecular weight is 264 g/mol. The van der Waals surface area contributed by atoms with Gasteiger partial charge in [-0.15, -0.1) is 0 Å². The average Bonchev–Trinajstić information content (AvgIpc) is 2.92. The highest BCUT2D eigenvalue weighted by Crippen LogP contribution is 2.35. The Bertz CT molecular complexity index is 369. The van der Waals surface area contributed by atoms with Crippen LogP contribution < -0.4 is 4.72 Å². The molecule has 17 heavy (non-hydrogen) atoms. The van der Waals surface area contributed by atoms with Crippen LogP contribution in [0.15, 0.2) is 0 Å². The smallest absolute Gasteiger partial charge is 0.304 e. The Kier molecular flexibility index (Phi) is 4.91. The molecule has 1 rings (SSSR count). The number of carboxylic acids is 1. The van der Waals surface area contributed by atoms with Crippen LogP contribution in [0.4, 0.5) is 0 Å². The molecule has 0 bridgehead atoms. The summed E-state index contributed by atoms with van der Waals surface area (Å²) >= 11 is 0. The molecule has 0 spiro atoms. The van der Waals surface area contributed by atoms with E-state index >= 15 is 0 Å². The van der Waals surface area contributed by atoms with Crippen molar-refractivity contribution in [3.63, 3.8) is 0 Å². The van der Waals surface area contributed by atoms with E-state index in [0.717, 1.165) is 23.6 Å². The Balaban J connectivity index is 2.38. The van der Waals surface area contributed by atoms with Crippen LogP contribution in [0.25, 0.3) is 0 Å². The molecular weight excluding hydrogens is 244 g/mol. The summed E-state index contributed by atoms with van der Waals surface area (Å²) in [7, 11) is -2.13. The second-order valence-corrected chi connectivity index (χ2v) is 6.29. The monoisotopic (exact) mass is 264 g/mol. The molecule has 1 aliphatic rings. The number of hydrogen-bond donors (Lipinski definition) is 2. The minimum Gasteiger partial charge on any atom is -0.481 e. The zero-order valence-corrected chi connectivity index (χ0v) is 11.0. The van der Waals surface area contributed by atoms with Crippen molar-refractivity contribution >= 4 is 16.2 Å². The second-order valence-electron chi connectivity index (χ2n) is 4.48. The predicted octanol–water partition coefficient (Wildman–Crippen LogP) is 0.416. The van der Waals surface area contributed by atoms with E-state index in [-0.39, 0.29) is 19.0 Å². The van der Waals surface area contributed by atoms with Gasteiger partial charge in [0.05, 0.1) is 6.42 Å². The van der Waals surface area contributed by atoms with Gasteiger partial charge in [0.1, 0.15) is 0 Å². The van der Waals surface area contributed by atoms with Crippen LogP contribution >= 0.6 is 0 Å². The van der Waals surface area contributed by atoms with Gasteiger partial charge in [0, 0.05) is 19.6 Å². The largest absolute Gasteiger partial charge is 0.481 e. The fourth-order valence-corrected chi connectivity index (χ4v) is 2.92. The molecule has 0 aromatic heterocycles. The van der Waals surface area contributed by atoms with Gasteiger partial charge in [-0.3, -0.25) is 4.79 Å². The van der Waals surface area contributed by atoms with Crippen molar-refractivity contribution in [1.82, 2.24) is 9.03 Å². The lowest BCUT2D eigenvalue weighted by Crippen LogP contribution is -2.40. The van der Waals surface area contributed by atoms with Gasteiger partial charge in [0.2, 0.25) is 0 Å². The number of nitrogens with one attached hydrogen (secondary N) is 1. The van der Waals surface area contributed by atoms with Crippen molar-refractivity contribution in [2.24, 2.45) is 5.92 Å². The van der Waals surface area contributed by atoms with Crippen LogP contribution in [0.5, 0.6) is 0 Å². The second kappa shape index (κ2) is 5.79. The molecule has 0 saturated heterocycles. The first kappa shape index (κ1) is 14.4. The maximum atomic E-state index is 11.8. The highest BCUT2D eigenvalue weighted by Gasteiger charge is 2.39. The van der Waals surface area contributed by atoms with Gasteiger partial charge >= 0.3 is 5.97 Å². The molecule has 2 unspecified atom stereocenters. The molecule has 0 radical (unpaired) electrons. The summed E-state index contributed by atoms with van der Waals surface area (Å²) in [4.78, 5) is 10.4. The van der Waals surface area contributed by atoms with Crippen molar-refractivity contribution in [2.45, 2.75) is 38.6 Å². The third kappa shape index (κ3) is 4.61. The number of aliphatic carboxylic acids is 1. The third-order valence-electron chi connectivity index (χ3n) is 2.93. The molecular formula is C10H20N2O4S. The van der Waals surface area contributed by atoms with E-state index in [9.17, 15) is 13.2 Å². The fourth-order valence-electron chi connectivity index (χ4n) is 1.74. The standard InChI is InChI=1S/C10H20N2O4S/c1-3-4-8-7-9(8)11-17(15,16)12(2)6-5-10(13)14/h8-9,11H,3-7H2,1-2H3,(H,13,14). The Morgan fingerprint density at radius 2 is 2.18 bits per heavy atom. The Morgan fingerprint density at radius 3 is 2.71 bits per heavy atom. The number of nitrogens with zero attached hydrogens (tertiary/aromatic N) is 1. The lowest BCUT2D eigenvalue weighted by molar-refractivity contribution is -0.137. The summed E-state index contributed by atoms with van der Waals surface area (Å²) in [5, 5.41) is 8.49. The summed E-state index contributed by atoms with van der Waals surface area (Å²) in [5.74, 6) is -0.551. The maximum Gasteiger partial charge on any atom is 0.304 e. The zero-order chi connectivity index (χ0) is 13.1. The normalized spacial score (nSPS) is 23.9. The molecule has 2 atom stereocenters. The number of carbonyl (C=O) groups is 1. The lowest BCUT2D eigenvalue weighted by atomic mass is 10.2. The van der Waals surface area contributed by atoms with E-state index in [4.69, 9.17) is 5.11 Å². The van der Waals surface area contributed by atoms with Crippen LogP contribution in [-0.2, 0) is 15.0 Å². The van der Waals surface area contributed by atoms with Crippen LogP contribution in [0.3, 0.4) is 0 Å². The summed E-state index contributed by atoms with van der Waals surface area (Å²) < 4.78 is 27.2. The molecule has 2 N–H and O–H groups in total. The quantitative estimate of drug-likeness (QED) is 0.665. The van der Waals surface area contributed by atoms with Crippen LogP contribution in [0.1, 0.15) is 32.6 Å². The molecule has 1 saturated carbocycles. The number of rotatable bonds is 8. The maximum absolute atomic E-state index is 11.8. The minimum atomic E-state index is -3.52. The molecule has 0 aromatic rings. The van der Waals surface area contributed by atoms with Gasteiger partial charge in [-0.25, -0.2) is 0 Å². The van der Waals surface area contributed by atoms with Crippen molar-refractivity contribution < 1.29 is 18.3 Å². The van der Waals surface area contributed by atoms with E-state index in [1.165, 1.54) is 7.05 Å². The Hall–Kier alpha value is -0.660. The molecule has 0 aromatic carbocycles. The third-order valence-corrected chi connectivity index (χ3v) is 4.54. The van der Waals surface area contributed by atoms with Crippen molar-refractivity contribution in [3.05, 3.63) is 0 Å². The highest BCUT2D eigenvalue weighted by atomic mass is 32.2. The van der Waals surface area contributed by atoms with Crippen molar-refractivity contribution in [2.75, 3.05) is 13.6 Å². The molecule has 100 valence electrons. The minimum absolute atomic E-state index is 0.00414. The van der Waals surface area contributed by atoms with Crippen LogP contribution in [0, 0.1) is 5.92 Å².